The topological polar surface area (TPSA) is 0 Å². The molecule has 3 heteroatoms. The van der Waals surface area contributed by atoms with Crippen LogP contribution in [0.3, 0.4) is 0 Å². The van der Waals surface area contributed by atoms with Gasteiger partial charge in [0.15, 0.2) is 12.3 Å². The third-order valence-corrected chi connectivity index (χ3v) is 6.30. The first kappa shape index (κ1) is 19.0. The summed E-state index contributed by atoms with van der Waals surface area (Å²) >= 11 is 0. The fraction of sp³-hybridized carbons (Fsp3) is 0.360. The van der Waals surface area contributed by atoms with Gasteiger partial charge in [0, 0.05) is 0 Å². The normalized spacial score (nSPS) is 27.9. The second-order valence-electron chi connectivity index (χ2n) is 8.02. The van der Waals surface area contributed by atoms with E-state index >= 15 is 0 Å². The molecule has 2 unspecified atom stereocenters. The van der Waals surface area contributed by atoms with Gasteiger partial charge in [0.2, 0.25) is 0 Å². The molecule has 0 aliphatic heterocycles. The predicted octanol–water partition coefficient (Wildman–Crippen LogP) is 7.11. The number of rotatable bonds is 3. The smallest absolute Gasteiger partial charge is 0.161 e. The van der Waals surface area contributed by atoms with Crippen LogP contribution in [0.1, 0.15) is 48.3 Å². The van der Waals surface area contributed by atoms with Crippen molar-refractivity contribution >= 4 is 5.57 Å². The highest BCUT2D eigenvalue weighted by Gasteiger charge is 2.36. The number of halogens is 3. The van der Waals surface area contributed by atoms with E-state index in [1.165, 1.54) is 0 Å². The SMILES string of the molecule is Cc1ccc(C2CCC(C3=CC=C(c4ccccc4)C(F)C3F)CC2)cc1F. The maximum atomic E-state index is 14.9. The van der Waals surface area contributed by atoms with Gasteiger partial charge in [0.05, 0.1) is 0 Å². The van der Waals surface area contributed by atoms with Crippen LogP contribution >= 0.6 is 0 Å². The Morgan fingerprint density at radius 2 is 1.46 bits per heavy atom. The largest absolute Gasteiger partial charge is 0.239 e. The average Bonchev–Trinajstić information content (AvgIpc) is 2.73. The first-order chi connectivity index (χ1) is 13.5. The molecule has 146 valence electrons. The van der Waals surface area contributed by atoms with Crippen molar-refractivity contribution in [1.29, 1.82) is 0 Å². The number of alkyl halides is 2. The lowest BCUT2D eigenvalue weighted by atomic mass is 9.73. The molecule has 0 saturated heterocycles. The van der Waals surface area contributed by atoms with Crippen LogP contribution in [-0.2, 0) is 0 Å². The van der Waals surface area contributed by atoms with Crippen molar-refractivity contribution in [2.45, 2.75) is 50.9 Å². The maximum Gasteiger partial charge on any atom is 0.161 e. The Labute approximate surface area is 164 Å². The van der Waals surface area contributed by atoms with Crippen LogP contribution in [0.25, 0.3) is 5.57 Å². The number of allylic oxidation sites excluding steroid dienone is 4. The molecular weight excluding hydrogens is 357 g/mol. The van der Waals surface area contributed by atoms with Crippen LogP contribution < -0.4 is 0 Å². The molecule has 2 aromatic carbocycles. The lowest BCUT2D eigenvalue weighted by Gasteiger charge is -2.34. The quantitative estimate of drug-likeness (QED) is 0.531. The second kappa shape index (κ2) is 7.98. The number of aryl methyl sites for hydroxylation is 1. The van der Waals surface area contributed by atoms with Gasteiger partial charge in [-0.3, -0.25) is 0 Å². The molecule has 0 heterocycles. The molecule has 28 heavy (non-hydrogen) atoms. The van der Waals surface area contributed by atoms with Gasteiger partial charge in [-0.1, -0.05) is 54.6 Å². The Morgan fingerprint density at radius 1 is 0.786 bits per heavy atom. The van der Waals surface area contributed by atoms with Crippen molar-refractivity contribution in [3.05, 3.63) is 88.8 Å². The Hall–Kier alpha value is -2.29. The Bertz CT molecular complexity index is 889. The van der Waals surface area contributed by atoms with E-state index in [1.807, 2.05) is 42.5 Å². The summed E-state index contributed by atoms with van der Waals surface area (Å²) in [6.07, 6.45) is 3.71. The fourth-order valence-corrected chi connectivity index (χ4v) is 4.57. The van der Waals surface area contributed by atoms with Gasteiger partial charge in [-0.25, -0.2) is 13.2 Å². The zero-order valence-electron chi connectivity index (χ0n) is 16.0. The van der Waals surface area contributed by atoms with Gasteiger partial charge in [-0.15, -0.1) is 0 Å². The Morgan fingerprint density at radius 3 is 2.14 bits per heavy atom. The highest BCUT2D eigenvalue weighted by atomic mass is 19.2. The van der Waals surface area contributed by atoms with Crippen molar-refractivity contribution in [2.75, 3.05) is 0 Å². The molecule has 0 spiro atoms. The monoisotopic (exact) mass is 382 g/mol. The molecule has 1 saturated carbocycles. The highest BCUT2D eigenvalue weighted by molar-refractivity contribution is 5.73. The van der Waals surface area contributed by atoms with Gasteiger partial charge in [0.1, 0.15) is 5.82 Å². The average molecular weight is 382 g/mol. The minimum atomic E-state index is -1.62. The van der Waals surface area contributed by atoms with Crippen molar-refractivity contribution in [1.82, 2.24) is 0 Å². The molecule has 2 aliphatic carbocycles. The molecular formula is C25H25F3. The van der Waals surface area contributed by atoms with E-state index in [4.69, 9.17) is 0 Å². The van der Waals surface area contributed by atoms with Crippen molar-refractivity contribution in [3.8, 4) is 0 Å². The maximum absolute atomic E-state index is 14.9. The van der Waals surface area contributed by atoms with E-state index in [0.29, 0.717) is 22.6 Å². The van der Waals surface area contributed by atoms with Gasteiger partial charge >= 0.3 is 0 Å². The first-order valence-corrected chi connectivity index (χ1v) is 10.1. The molecule has 0 N–H and O–H groups in total. The molecule has 2 aliphatic rings. The van der Waals surface area contributed by atoms with Crippen molar-refractivity contribution in [3.63, 3.8) is 0 Å². The zero-order valence-corrected chi connectivity index (χ0v) is 16.0. The van der Waals surface area contributed by atoms with Crippen LogP contribution in [0, 0.1) is 18.7 Å². The van der Waals surface area contributed by atoms with E-state index < -0.39 is 12.3 Å². The summed E-state index contributed by atoms with van der Waals surface area (Å²) < 4.78 is 43.6. The Balaban J connectivity index is 1.47. The van der Waals surface area contributed by atoms with Gasteiger partial charge < -0.3 is 0 Å². The molecule has 0 nitrogen and oxygen atoms in total. The van der Waals surface area contributed by atoms with Crippen LogP contribution in [0.2, 0.25) is 0 Å². The van der Waals surface area contributed by atoms with E-state index in [2.05, 4.69) is 0 Å². The summed E-state index contributed by atoms with van der Waals surface area (Å²) in [6.45, 7) is 1.76. The zero-order chi connectivity index (χ0) is 19.7. The highest BCUT2D eigenvalue weighted by Crippen LogP contribution is 2.43. The van der Waals surface area contributed by atoms with Crippen molar-refractivity contribution in [2.24, 2.45) is 5.92 Å². The molecule has 0 aromatic heterocycles. The fourth-order valence-electron chi connectivity index (χ4n) is 4.57. The molecule has 2 aromatic rings. The summed E-state index contributed by atoms with van der Waals surface area (Å²) in [5.74, 6) is 0.191. The van der Waals surface area contributed by atoms with E-state index in [0.717, 1.165) is 36.8 Å². The third-order valence-electron chi connectivity index (χ3n) is 6.30. The van der Waals surface area contributed by atoms with Gasteiger partial charge in [0.25, 0.3) is 0 Å². The third kappa shape index (κ3) is 3.67. The van der Waals surface area contributed by atoms with E-state index in [-0.39, 0.29) is 11.7 Å². The summed E-state index contributed by atoms with van der Waals surface area (Å²) in [6, 6.07) is 14.6. The Kier molecular flexibility index (Phi) is 5.43. The molecule has 0 amide bonds. The second-order valence-corrected chi connectivity index (χ2v) is 8.02. The molecule has 0 radical (unpaired) electrons. The van der Waals surface area contributed by atoms with Crippen LogP contribution in [0.5, 0.6) is 0 Å². The lowest BCUT2D eigenvalue weighted by molar-refractivity contribution is 0.214. The summed E-state index contributed by atoms with van der Waals surface area (Å²) in [5, 5.41) is 0. The molecule has 0 bridgehead atoms. The minimum absolute atomic E-state index is 0.0633. The van der Waals surface area contributed by atoms with Crippen molar-refractivity contribution < 1.29 is 13.2 Å². The predicted molar refractivity (Wildman–Crippen MR) is 108 cm³/mol. The number of hydrogen-bond acceptors (Lipinski definition) is 0. The van der Waals surface area contributed by atoms with Gasteiger partial charge in [-0.2, -0.15) is 0 Å². The minimum Gasteiger partial charge on any atom is -0.239 e. The number of hydrogen-bond donors (Lipinski definition) is 0. The van der Waals surface area contributed by atoms with Crippen LogP contribution in [0.15, 0.2) is 66.3 Å². The summed E-state index contributed by atoms with van der Waals surface area (Å²) in [5.41, 5.74) is 3.41. The molecule has 4 rings (SSSR count). The summed E-state index contributed by atoms with van der Waals surface area (Å²) in [4.78, 5) is 0. The van der Waals surface area contributed by atoms with E-state index in [1.54, 1.807) is 25.1 Å². The molecule has 2 atom stereocenters. The first-order valence-electron chi connectivity index (χ1n) is 10.1. The number of benzene rings is 2. The van der Waals surface area contributed by atoms with Crippen LogP contribution in [-0.4, -0.2) is 12.3 Å². The van der Waals surface area contributed by atoms with Gasteiger partial charge in [-0.05, 0) is 78.3 Å². The lowest BCUT2D eigenvalue weighted by Crippen LogP contribution is -2.29. The van der Waals surface area contributed by atoms with Crippen LogP contribution in [0.4, 0.5) is 13.2 Å². The standard InChI is InChI=1S/C25H25F3/c1-16-7-8-20(15-23(16)26)17-9-11-19(12-10-17)22-14-13-21(24(27)25(22)28)18-5-3-2-4-6-18/h2-8,13-15,17,19,24-25H,9-12H2,1H3. The summed E-state index contributed by atoms with van der Waals surface area (Å²) in [7, 11) is 0. The molecule has 1 fully saturated rings. The van der Waals surface area contributed by atoms with E-state index in [9.17, 15) is 13.2 Å².